The highest BCUT2D eigenvalue weighted by atomic mass is 19.3. The zero-order valence-corrected chi connectivity index (χ0v) is 14.2. The molecule has 0 aliphatic carbocycles. The van der Waals surface area contributed by atoms with E-state index in [2.05, 4.69) is 15.0 Å². The van der Waals surface area contributed by atoms with Crippen LogP contribution >= 0.6 is 0 Å². The van der Waals surface area contributed by atoms with E-state index in [9.17, 15) is 13.6 Å². The molecule has 0 aromatic heterocycles. The molecule has 26 heavy (non-hydrogen) atoms. The first-order chi connectivity index (χ1) is 12.6. The zero-order chi connectivity index (χ0) is 18.4. The van der Waals surface area contributed by atoms with Crippen LogP contribution in [0.5, 0.6) is 5.75 Å². The van der Waals surface area contributed by atoms with Crippen LogP contribution in [0, 0.1) is 0 Å². The molecule has 2 aromatic rings. The van der Waals surface area contributed by atoms with Gasteiger partial charge in [0.1, 0.15) is 5.75 Å². The van der Waals surface area contributed by atoms with Gasteiger partial charge in [-0.1, -0.05) is 24.3 Å². The lowest BCUT2D eigenvalue weighted by molar-refractivity contribution is -0.111. The fraction of sp³-hybridized carbons (Fsp3) is 0.250. The van der Waals surface area contributed by atoms with Gasteiger partial charge in [-0.15, -0.1) is 0 Å². The van der Waals surface area contributed by atoms with Crippen LogP contribution in [-0.2, 0) is 4.79 Å². The second-order valence-corrected chi connectivity index (χ2v) is 5.98. The second-order valence-electron chi connectivity index (χ2n) is 5.98. The van der Waals surface area contributed by atoms with E-state index in [1.807, 2.05) is 24.3 Å². The van der Waals surface area contributed by atoms with E-state index in [4.69, 9.17) is 0 Å². The number of hydrogen-bond donors (Lipinski definition) is 1. The number of ether oxygens (including phenoxy) is 1. The molecule has 0 saturated carbocycles. The number of rotatable bonds is 6. The Hall–Kier alpha value is -2.89. The van der Waals surface area contributed by atoms with Gasteiger partial charge in [0.05, 0.1) is 0 Å². The normalized spacial score (nSPS) is 14.2. The molecule has 136 valence electrons. The van der Waals surface area contributed by atoms with Gasteiger partial charge >= 0.3 is 6.61 Å². The Morgan fingerprint density at radius 1 is 1.12 bits per heavy atom. The maximum absolute atomic E-state index is 12.4. The molecule has 1 fully saturated rings. The topological polar surface area (TPSA) is 41.6 Å². The zero-order valence-electron chi connectivity index (χ0n) is 14.2. The molecule has 1 heterocycles. The first-order valence-corrected chi connectivity index (χ1v) is 8.50. The minimum atomic E-state index is -2.91. The molecule has 1 N–H and O–H groups in total. The summed E-state index contributed by atoms with van der Waals surface area (Å²) in [7, 11) is 0. The van der Waals surface area contributed by atoms with E-state index in [1.165, 1.54) is 31.1 Å². The fourth-order valence-electron chi connectivity index (χ4n) is 2.93. The summed E-state index contributed by atoms with van der Waals surface area (Å²) in [5.74, 6) is -0.307. The molecule has 0 atom stereocenters. The number of nitrogens with one attached hydrogen (secondary N) is 1. The van der Waals surface area contributed by atoms with Crippen LogP contribution in [0.25, 0.3) is 6.08 Å². The molecule has 1 aliphatic heterocycles. The van der Waals surface area contributed by atoms with Gasteiger partial charge in [-0.25, -0.2) is 0 Å². The smallest absolute Gasteiger partial charge is 0.387 e. The van der Waals surface area contributed by atoms with Crippen LogP contribution in [0.3, 0.4) is 0 Å². The lowest BCUT2D eigenvalue weighted by Gasteiger charge is -2.18. The number of benzene rings is 2. The summed E-state index contributed by atoms with van der Waals surface area (Å²) in [4.78, 5) is 14.4. The third kappa shape index (κ3) is 4.81. The lowest BCUT2D eigenvalue weighted by Crippen LogP contribution is -2.17. The average Bonchev–Trinajstić information content (AvgIpc) is 3.15. The van der Waals surface area contributed by atoms with Crippen LogP contribution < -0.4 is 15.0 Å². The van der Waals surface area contributed by atoms with Gasteiger partial charge in [-0.2, -0.15) is 8.78 Å². The number of nitrogens with zero attached hydrogens (tertiary/aromatic N) is 1. The van der Waals surface area contributed by atoms with Crippen molar-refractivity contribution >= 4 is 23.4 Å². The van der Waals surface area contributed by atoms with Crippen molar-refractivity contribution in [2.45, 2.75) is 19.5 Å². The van der Waals surface area contributed by atoms with Gasteiger partial charge in [0.2, 0.25) is 5.91 Å². The minimum absolute atomic E-state index is 0.0302. The summed E-state index contributed by atoms with van der Waals surface area (Å²) in [6.45, 7) is -0.858. The van der Waals surface area contributed by atoms with E-state index >= 15 is 0 Å². The van der Waals surface area contributed by atoms with Gasteiger partial charge in [0.15, 0.2) is 0 Å². The summed E-state index contributed by atoms with van der Waals surface area (Å²) in [6.07, 6.45) is 5.12. The van der Waals surface area contributed by atoms with Crippen molar-refractivity contribution in [3.63, 3.8) is 0 Å². The van der Waals surface area contributed by atoms with Crippen molar-refractivity contribution in [1.29, 1.82) is 0 Å². The highest BCUT2D eigenvalue weighted by Crippen LogP contribution is 2.24. The summed E-state index contributed by atoms with van der Waals surface area (Å²) in [5, 5.41) is 2.79. The van der Waals surface area contributed by atoms with Gasteiger partial charge in [0, 0.05) is 36.1 Å². The monoisotopic (exact) mass is 358 g/mol. The van der Waals surface area contributed by atoms with E-state index in [-0.39, 0.29) is 11.7 Å². The summed E-state index contributed by atoms with van der Waals surface area (Å²) in [5.41, 5.74) is 2.19. The number of carbonyl (C=O) groups excluding carboxylic acids is 1. The molecule has 0 radical (unpaired) electrons. The van der Waals surface area contributed by atoms with Gasteiger partial charge < -0.3 is 15.0 Å². The third-order valence-corrected chi connectivity index (χ3v) is 4.13. The predicted molar refractivity (Wildman–Crippen MR) is 98.6 cm³/mol. The number of para-hydroxylation sites is 1. The van der Waals surface area contributed by atoms with Crippen molar-refractivity contribution in [3.05, 3.63) is 60.2 Å². The molecule has 0 unspecified atom stereocenters. The Balaban J connectivity index is 1.66. The van der Waals surface area contributed by atoms with Gasteiger partial charge in [0.25, 0.3) is 0 Å². The largest absolute Gasteiger partial charge is 0.434 e. The Labute approximate surface area is 151 Å². The number of anilines is 2. The molecule has 6 heteroatoms. The second kappa shape index (κ2) is 8.47. The molecule has 3 rings (SSSR count). The highest BCUT2D eigenvalue weighted by molar-refractivity contribution is 6.02. The summed E-state index contributed by atoms with van der Waals surface area (Å²) >= 11 is 0. The number of amides is 1. The van der Waals surface area contributed by atoms with E-state index < -0.39 is 6.61 Å². The molecule has 1 saturated heterocycles. The van der Waals surface area contributed by atoms with Gasteiger partial charge in [-0.05, 0) is 43.2 Å². The van der Waals surface area contributed by atoms with Gasteiger partial charge in [-0.3, -0.25) is 4.79 Å². The number of alkyl halides is 2. The van der Waals surface area contributed by atoms with Crippen LogP contribution in [0.4, 0.5) is 20.2 Å². The van der Waals surface area contributed by atoms with E-state index in [1.54, 1.807) is 18.2 Å². The third-order valence-electron chi connectivity index (χ3n) is 4.13. The molecule has 0 spiro atoms. The first kappa shape index (κ1) is 17.9. The molecule has 1 aliphatic rings. The fourth-order valence-corrected chi connectivity index (χ4v) is 2.93. The summed E-state index contributed by atoms with van der Waals surface area (Å²) in [6, 6.07) is 14.0. The lowest BCUT2D eigenvalue weighted by atomic mass is 10.2. The van der Waals surface area contributed by atoms with Crippen LogP contribution in [0.2, 0.25) is 0 Å². The number of carbonyl (C=O) groups is 1. The Morgan fingerprint density at radius 2 is 1.88 bits per heavy atom. The van der Waals surface area contributed by atoms with Crippen molar-refractivity contribution in [2.75, 3.05) is 23.3 Å². The molecule has 1 amide bonds. The standard InChI is InChI=1S/C20H20F2N2O2/c21-20(22)26-18-9-2-1-6-15(18)10-11-19(25)23-16-7-5-8-17(14-16)24-12-3-4-13-24/h1-2,5-11,14,20H,3-4,12-13H2,(H,23,25)/b11-10+. The van der Waals surface area contributed by atoms with Crippen LogP contribution in [-0.4, -0.2) is 25.6 Å². The Bertz CT molecular complexity index is 787. The van der Waals surface area contributed by atoms with Crippen LogP contribution in [0.15, 0.2) is 54.6 Å². The maximum Gasteiger partial charge on any atom is 0.387 e. The quantitative estimate of drug-likeness (QED) is 0.771. The Kier molecular flexibility index (Phi) is 5.84. The maximum atomic E-state index is 12.4. The number of halogens is 2. The predicted octanol–water partition coefficient (Wildman–Crippen LogP) is 4.54. The van der Waals surface area contributed by atoms with E-state index in [0.29, 0.717) is 11.3 Å². The molecular formula is C20H20F2N2O2. The minimum Gasteiger partial charge on any atom is -0.434 e. The van der Waals surface area contributed by atoms with Crippen molar-refractivity contribution < 1.29 is 18.3 Å². The van der Waals surface area contributed by atoms with Crippen molar-refractivity contribution in [3.8, 4) is 5.75 Å². The number of hydrogen-bond acceptors (Lipinski definition) is 3. The first-order valence-electron chi connectivity index (χ1n) is 8.50. The molecule has 2 aromatic carbocycles. The molecule has 4 nitrogen and oxygen atoms in total. The highest BCUT2D eigenvalue weighted by Gasteiger charge is 2.12. The van der Waals surface area contributed by atoms with Crippen LogP contribution in [0.1, 0.15) is 18.4 Å². The summed E-state index contributed by atoms with van der Waals surface area (Å²) < 4.78 is 29.3. The molecular weight excluding hydrogens is 338 g/mol. The van der Waals surface area contributed by atoms with Crippen molar-refractivity contribution in [1.82, 2.24) is 0 Å². The molecule has 0 bridgehead atoms. The Morgan fingerprint density at radius 3 is 2.65 bits per heavy atom. The SMILES string of the molecule is O=C(/C=C/c1ccccc1OC(F)F)Nc1cccc(N2CCCC2)c1. The van der Waals surface area contributed by atoms with E-state index in [0.717, 1.165) is 18.8 Å². The average molecular weight is 358 g/mol. The van der Waals surface area contributed by atoms with Crippen molar-refractivity contribution in [2.24, 2.45) is 0 Å².